The van der Waals surface area contributed by atoms with Crippen LogP contribution in [0.1, 0.15) is 51.0 Å². The maximum absolute atomic E-state index is 12.7. The van der Waals surface area contributed by atoms with Crippen LogP contribution in [0.5, 0.6) is 0 Å². The van der Waals surface area contributed by atoms with Crippen molar-refractivity contribution in [2.45, 2.75) is 52.0 Å². The number of amides is 1. The second kappa shape index (κ2) is 10.2. The highest BCUT2D eigenvalue weighted by molar-refractivity contribution is 5.85. The molecule has 1 fully saturated rings. The molecule has 0 aromatic carbocycles. The van der Waals surface area contributed by atoms with Crippen LogP contribution >= 0.6 is 24.8 Å². The summed E-state index contributed by atoms with van der Waals surface area (Å²) in [6, 6.07) is 0. The Morgan fingerprint density at radius 1 is 1.35 bits per heavy atom. The predicted molar refractivity (Wildman–Crippen MR) is 98.0 cm³/mol. The molecule has 2 N–H and O–H groups in total. The fourth-order valence-electron chi connectivity index (χ4n) is 3.34. The van der Waals surface area contributed by atoms with E-state index in [1.54, 1.807) is 4.68 Å². The molecule has 0 aliphatic heterocycles. The molecule has 1 aliphatic rings. The standard InChI is InChI=1S/C16H28N4O.2ClH/c1-3-20(12-14-10-18-19(2)11-14)15(21)9-16(13-17)7-5-4-6-8-16;;/h10-11H,3-9,12-13,17H2,1-2H3;2*1H. The first kappa shape index (κ1) is 22.2. The highest BCUT2D eigenvalue weighted by Crippen LogP contribution is 2.38. The van der Waals surface area contributed by atoms with E-state index in [2.05, 4.69) is 5.10 Å². The summed E-state index contributed by atoms with van der Waals surface area (Å²) in [5.74, 6) is 0.230. The van der Waals surface area contributed by atoms with Crippen molar-refractivity contribution in [2.75, 3.05) is 13.1 Å². The number of aromatic nitrogens is 2. The van der Waals surface area contributed by atoms with E-state index in [0.29, 0.717) is 19.5 Å². The molecule has 5 nitrogen and oxygen atoms in total. The van der Waals surface area contributed by atoms with E-state index in [0.717, 1.165) is 24.9 Å². The summed E-state index contributed by atoms with van der Waals surface area (Å²) >= 11 is 0. The van der Waals surface area contributed by atoms with Gasteiger partial charge in [-0.15, -0.1) is 24.8 Å². The largest absolute Gasteiger partial charge is 0.339 e. The van der Waals surface area contributed by atoms with Crippen molar-refractivity contribution in [2.24, 2.45) is 18.2 Å². The van der Waals surface area contributed by atoms with Crippen molar-refractivity contribution in [1.29, 1.82) is 0 Å². The average molecular weight is 365 g/mol. The number of hydrogen-bond acceptors (Lipinski definition) is 3. The number of carbonyl (C=O) groups excluding carboxylic acids is 1. The molecule has 0 saturated heterocycles. The van der Waals surface area contributed by atoms with Crippen molar-refractivity contribution >= 4 is 30.7 Å². The molecule has 0 atom stereocenters. The maximum atomic E-state index is 12.7. The first-order valence-electron chi connectivity index (χ1n) is 8.04. The van der Waals surface area contributed by atoms with Crippen LogP contribution in [0.2, 0.25) is 0 Å². The van der Waals surface area contributed by atoms with Gasteiger partial charge in [0.05, 0.1) is 6.20 Å². The van der Waals surface area contributed by atoms with Gasteiger partial charge in [-0.3, -0.25) is 9.48 Å². The Kier molecular flexibility index (Phi) is 9.82. The molecular formula is C16H30Cl2N4O. The van der Waals surface area contributed by atoms with Gasteiger partial charge in [0.25, 0.3) is 0 Å². The minimum absolute atomic E-state index is 0. The van der Waals surface area contributed by atoms with Crippen molar-refractivity contribution < 1.29 is 4.79 Å². The van der Waals surface area contributed by atoms with E-state index in [9.17, 15) is 4.79 Å². The van der Waals surface area contributed by atoms with Crippen LogP contribution in [0, 0.1) is 5.41 Å². The first-order chi connectivity index (χ1) is 10.1. The molecule has 0 bridgehead atoms. The van der Waals surface area contributed by atoms with E-state index < -0.39 is 0 Å². The van der Waals surface area contributed by atoms with Gasteiger partial charge in [-0.25, -0.2) is 0 Å². The van der Waals surface area contributed by atoms with E-state index >= 15 is 0 Å². The lowest BCUT2D eigenvalue weighted by Crippen LogP contribution is -2.40. The maximum Gasteiger partial charge on any atom is 0.223 e. The second-order valence-electron chi connectivity index (χ2n) is 6.37. The molecule has 1 aliphatic carbocycles. The van der Waals surface area contributed by atoms with Crippen LogP contribution < -0.4 is 5.73 Å². The zero-order valence-electron chi connectivity index (χ0n) is 14.2. The molecule has 23 heavy (non-hydrogen) atoms. The number of rotatable bonds is 6. The number of halogens is 2. The van der Waals surface area contributed by atoms with Gasteiger partial charge in [0.1, 0.15) is 0 Å². The van der Waals surface area contributed by atoms with Crippen LogP contribution in [-0.2, 0) is 18.4 Å². The summed E-state index contributed by atoms with van der Waals surface area (Å²) in [6.45, 7) is 4.03. The van der Waals surface area contributed by atoms with Gasteiger partial charge in [-0.1, -0.05) is 19.3 Å². The smallest absolute Gasteiger partial charge is 0.223 e. The Labute approximate surface area is 151 Å². The fourth-order valence-corrected chi connectivity index (χ4v) is 3.34. The number of carbonyl (C=O) groups is 1. The second-order valence-corrected chi connectivity index (χ2v) is 6.37. The topological polar surface area (TPSA) is 64.2 Å². The molecule has 1 aromatic rings. The molecule has 1 amide bonds. The lowest BCUT2D eigenvalue weighted by molar-refractivity contribution is -0.134. The van der Waals surface area contributed by atoms with Crippen molar-refractivity contribution in [1.82, 2.24) is 14.7 Å². The summed E-state index contributed by atoms with van der Waals surface area (Å²) in [5.41, 5.74) is 7.12. The number of aryl methyl sites for hydroxylation is 1. The zero-order chi connectivity index (χ0) is 15.3. The van der Waals surface area contributed by atoms with Gasteiger partial charge >= 0.3 is 0 Å². The van der Waals surface area contributed by atoms with Gasteiger partial charge in [-0.05, 0) is 31.7 Å². The molecule has 0 unspecified atom stereocenters. The van der Waals surface area contributed by atoms with Crippen LogP contribution in [0.25, 0.3) is 0 Å². The summed E-state index contributed by atoms with van der Waals surface area (Å²) in [5, 5.41) is 4.17. The van der Waals surface area contributed by atoms with Gasteiger partial charge in [0.15, 0.2) is 0 Å². The first-order valence-corrected chi connectivity index (χ1v) is 8.04. The molecule has 1 aromatic heterocycles. The molecule has 7 heteroatoms. The Morgan fingerprint density at radius 2 is 2.00 bits per heavy atom. The molecule has 0 spiro atoms. The Morgan fingerprint density at radius 3 is 2.48 bits per heavy atom. The van der Waals surface area contributed by atoms with E-state index in [4.69, 9.17) is 5.73 Å². The van der Waals surface area contributed by atoms with E-state index in [1.807, 2.05) is 31.3 Å². The third kappa shape index (κ3) is 5.98. The van der Waals surface area contributed by atoms with Crippen molar-refractivity contribution in [3.8, 4) is 0 Å². The van der Waals surface area contributed by atoms with Crippen LogP contribution in [0.4, 0.5) is 0 Å². The molecule has 2 rings (SSSR count). The fraction of sp³-hybridized carbons (Fsp3) is 0.750. The lowest BCUT2D eigenvalue weighted by Gasteiger charge is -2.37. The van der Waals surface area contributed by atoms with E-state index in [1.165, 1.54) is 19.3 Å². The third-order valence-electron chi connectivity index (χ3n) is 4.74. The average Bonchev–Trinajstić information content (AvgIpc) is 2.91. The third-order valence-corrected chi connectivity index (χ3v) is 4.74. The quantitative estimate of drug-likeness (QED) is 0.843. The van der Waals surface area contributed by atoms with Crippen LogP contribution in [0.3, 0.4) is 0 Å². The normalized spacial score (nSPS) is 16.1. The summed E-state index contributed by atoms with van der Waals surface area (Å²) in [6.07, 6.45) is 10.3. The Balaban J connectivity index is 0.00000242. The van der Waals surface area contributed by atoms with Crippen LogP contribution in [0.15, 0.2) is 12.4 Å². The minimum atomic E-state index is 0. The number of hydrogen-bond donors (Lipinski definition) is 1. The van der Waals surface area contributed by atoms with Gasteiger partial charge in [0, 0.05) is 38.3 Å². The number of nitrogens with two attached hydrogens (primary N) is 1. The zero-order valence-corrected chi connectivity index (χ0v) is 15.8. The van der Waals surface area contributed by atoms with Crippen molar-refractivity contribution in [3.63, 3.8) is 0 Å². The monoisotopic (exact) mass is 364 g/mol. The molecule has 0 radical (unpaired) electrons. The molecule has 1 saturated carbocycles. The van der Waals surface area contributed by atoms with Gasteiger partial charge in [0.2, 0.25) is 5.91 Å². The summed E-state index contributed by atoms with van der Waals surface area (Å²) in [4.78, 5) is 14.6. The Bertz CT molecular complexity index is 472. The SMILES string of the molecule is CCN(Cc1cnn(C)c1)C(=O)CC1(CN)CCCCC1.Cl.Cl. The van der Waals surface area contributed by atoms with E-state index in [-0.39, 0.29) is 36.1 Å². The predicted octanol–water partition coefficient (Wildman–Crippen LogP) is 2.91. The molecular weight excluding hydrogens is 335 g/mol. The molecule has 134 valence electrons. The molecule has 1 heterocycles. The number of nitrogens with zero attached hydrogens (tertiary/aromatic N) is 3. The van der Waals surface area contributed by atoms with Crippen LogP contribution in [-0.4, -0.2) is 33.7 Å². The Hall–Kier alpha value is -0.780. The highest BCUT2D eigenvalue weighted by Gasteiger charge is 2.34. The highest BCUT2D eigenvalue weighted by atomic mass is 35.5. The summed E-state index contributed by atoms with van der Waals surface area (Å²) < 4.78 is 1.77. The lowest BCUT2D eigenvalue weighted by atomic mass is 9.71. The summed E-state index contributed by atoms with van der Waals surface area (Å²) in [7, 11) is 1.90. The van der Waals surface area contributed by atoms with Crippen molar-refractivity contribution in [3.05, 3.63) is 18.0 Å². The van der Waals surface area contributed by atoms with Gasteiger partial charge < -0.3 is 10.6 Å². The minimum Gasteiger partial charge on any atom is -0.339 e. The van der Waals surface area contributed by atoms with Gasteiger partial charge in [-0.2, -0.15) is 5.10 Å².